The summed E-state index contributed by atoms with van der Waals surface area (Å²) in [5, 5.41) is 7.27. The van der Waals surface area contributed by atoms with Crippen molar-refractivity contribution in [3.8, 4) is 10.6 Å². The summed E-state index contributed by atoms with van der Waals surface area (Å²) in [5.74, 6) is 0.166. The molecule has 2 aromatic rings. The number of amides is 1. The summed E-state index contributed by atoms with van der Waals surface area (Å²) in [4.78, 5) is 19.3. The molecule has 1 N–H and O–H groups in total. The van der Waals surface area contributed by atoms with Crippen LogP contribution in [0.25, 0.3) is 10.6 Å². The first-order chi connectivity index (χ1) is 12.1. The van der Waals surface area contributed by atoms with Crippen LogP contribution in [0.1, 0.15) is 31.4 Å². The lowest BCUT2D eigenvalue weighted by molar-refractivity contribution is -0.132. The normalized spacial score (nSPS) is 23.3. The minimum absolute atomic E-state index is 0. The van der Waals surface area contributed by atoms with E-state index in [0.29, 0.717) is 29.6 Å². The number of piperidine rings is 1. The smallest absolute Gasteiger partial charge is 0.228 e. The first-order valence-corrected chi connectivity index (χ1v) is 10.1. The van der Waals surface area contributed by atoms with E-state index in [2.05, 4.69) is 10.3 Å². The van der Waals surface area contributed by atoms with Crippen molar-refractivity contribution in [2.45, 2.75) is 50.2 Å². The number of benzene rings is 1. The van der Waals surface area contributed by atoms with E-state index in [1.54, 1.807) is 11.3 Å². The van der Waals surface area contributed by atoms with Gasteiger partial charge >= 0.3 is 0 Å². The Hall–Kier alpha value is -0.850. The Morgan fingerprint density at radius 1 is 1.22 bits per heavy atom. The molecule has 2 bridgehead atoms. The number of halogens is 3. The number of likely N-dealkylation sites (N-methyl/N-ethyl adjacent to an activating group) is 1. The minimum Gasteiger partial charge on any atom is -0.342 e. The van der Waals surface area contributed by atoms with Gasteiger partial charge in [0.25, 0.3) is 0 Å². The lowest BCUT2D eigenvalue weighted by Crippen LogP contribution is -2.49. The highest BCUT2D eigenvalue weighted by Gasteiger charge is 2.36. The van der Waals surface area contributed by atoms with Crippen LogP contribution >= 0.6 is 47.8 Å². The molecule has 4 rings (SSSR count). The Bertz CT molecular complexity index is 756. The maximum Gasteiger partial charge on any atom is 0.228 e. The first kappa shape index (κ1) is 22.4. The molecule has 2 unspecified atom stereocenters. The van der Waals surface area contributed by atoms with E-state index in [0.717, 1.165) is 29.1 Å². The SMILES string of the molecule is CN(C(=O)Cc1csc(-c2ccc(Cl)cc2)n1)C1CC2CCC(C1)N2.Cl.Cl. The van der Waals surface area contributed by atoms with Crippen molar-refractivity contribution in [1.82, 2.24) is 15.2 Å². The summed E-state index contributed by atoms with van der Waals surface area (Å²) in [6, 6.07) is 9.20. The maximum atomic E-state index is 12.7. The molecule has 4 nitrogen and oxygen atoms in total. The number of rotatable bonds is 4. The number of hydrogen-bond acceptors (Lipinski definition) is 4. The van der Waals surface area contributed by atoms with Gasteiger partial charge in [-0.15, -0.1) is 36.2 Å². The van der Waals surface area contributed by atoms with E-state index in [-0.39, 0.29) is 30.7 Å². The molecular weight excluding hydrogens is 425 g/mol. The molecule has 0 radical (unpaired) electrons. The predicted molar refractivity (Wildman–Crippen MR) is 116 cm³/mol. The predicted octanol–water partition coefficient (Wildman–Crippen LogP) is 4.59. The van der Waals surface area contributed by atoms with Gasteiger partial charge in [0.15, 0.2) is 0 Å². The number of carbonyl (C=O) groups excluding carboxylic acids is 1. The number of nitrogens with one attached hydrogen (secondary N) is 1. The van der Waals surface area contributed by atoms with Gasteiger partial charge < -0.3 is 10.2 Å². The molecule has 0 spiro atoms. The summed E-state index contributed by atoms with van der Waals surface area (Å²) in [6.07, 6.45) is 5.02. The molecule has 2 aliphatic heterocycles. The summed E-state index contributed by atoms with van der Waals surface area (Å²) >= 11 is 7.51. The molecular formula is C19H24Cl3N3OS. The van der Waals surface area contributed by atoms with E-state index in [9.17, 15) is 4.79 Å². The molecule has 1 amide bonds. The highest BCUT2D eigenvalue weighted by molar-refractivity contribution is 7.13. The van der Waals surface area contributed by atoms with Crippen molar-refractivity contribution in [1.29, 1.82) is 0 Å². The number of thiazole rings is 1. The minimum atomic E-state index is 0. The van der Waals surface area contributed by atoms with Crippen molar-refractivity contribution in [2.75, 3.05) is 7.05 Å². The molecule has 2 saturated heterocycles. The number of nitrogens with zero attached hydrogens (tertiary/aromatic N) is 2. The van der Waals surface area contributed by atoms with Crippen LogP contribution in [0.5, 0.6) is 0 Å². The van der Waals surface area contributed by atoms with Gasteiger partial charge in [0, 0.05) is 41.1 Å². The fourth-order valence-electron chi connectivity index (χ4n) is 3.94. The third-order valence-electron chi connectivity index (χ3n) is 5.36. The largest absolute Gasteiger partial charge is 0.342 e. The zero-order valence-corrected chi connectivity index (χ0v) is 18.3. The van der Waals surface area contributed by atoms with Crippen LogP contribution in [0.15, 0.2) is 29.6 Å². The van der Waals surface area contributed by atoms with E-state index in [1.807, 2.05) is 41.6 Å². The topological polar surface area (TPSA) is 45.2 Å². The van der Waals surface area contributed by atoms with Crippen LogP contribution in [0.4, 0.5) is 0 Å². The van der Waals surface area contributed by atoms with Crippen LogP contribution in [0, 0.1) is 0 Å². The van der Waals surface area contributed by atoms with Gasteiger partial charge in [0.2, 0.25) is 5.91 Å². The second-order valence-electron chi connectivity index (χ2n) is 7.10. The van der Waals surface area contributed by atoms with Crippen LogP contribution in [-0.2, 0) is 11.2 Å². The van der Waals surface area contributed by atoms with Gasteiger partial charge in [0.05, 0.1) is 12.1 Å². The monoisotopic (exact) mass is 447 g/mol. The Balaban J connectivity index is 0.00000131. The van der Waals surface area contributed by atoms with Gasteiger partial charge in [-0.1, -0.05) is 23.7 Å². The molecule has 8 heteroatoms. The molecule has 2 aliphatic rings. The standard InChI is InChI=1S/C19H22ClN3OS.2ClH/c1-23(17-8-14-6-7-15(9-17)21-14)18(24)10-16-11-25-19(22-16)12-2-4-13(20)5-3-12;;/h2-5,11,14-15,17,21H,6-10H2,1H3;2*1H. The van der Waals surface area contributed by atoms with E-state index in [4.69, 9.17) is 11.6 Å². The second-order valence-corrected chi connectivity index (χ2v) is 8.39. The van der Waals surface area contributed by atoms with Crippen molar-refractivity contribution >= 4 is 53.7 Å². The van der Waals surface area contributed by atoms with E-state index >= 15 is 0 Å². The van der Waals surface area contributed by atoms with E-state index in [1.165, 1.54) is 12.8 Å². The Labute approximate surface area is 181 Å². The average Bonchev–Trinajstić information content (AvgIpc) is 3.21. The molecule has 148 valence electrons. The lowest BCUT2D eigenvalue weighted by atomic mass is 9.98. The number of aromatic nitrogens is 1. The molecule has 2 fully saturated rings. The summed E-state index contributed by atoms with van der Waals surface area (Å²) in [5.41, 5.74) is 1.89. The quantitative estimate of drug-likeness (QED) is 0.744. The third-order valence-corrected chi connectivity index (χ3v) is 6.56. The van der Waals surface area contributed by atoms with Crippen molar-refractivity contribution in [2.24, 2.45) is 0 Å². The van der Waals surface area contributed by atoms with Gasteiger partial charge in [-0.3, -0.25) is 4.79 Å². The lowest BCUT2D eigenvalue weighted by Gasteiger charge is -2.35. The maximum absolute atomic E-state index is 12.7. The third kappa shape index (κ3) is 5.15. The summed E-state index contributed by atoms with van der Waals surface area (Å²) in [7, 11) is 1.95. The number of fused-ring (bicyclic) bond motifs is 2. The summed E-state index contributed by atoms with van der Waals surface area (Å²) < 4.78 is 0. The second kappa shape index (κ2) is 9.57. The molecule has 1 aromatic carbocycles. The molecule has 0 saturated carbocycles. The van der Waals surface area contributed by atoms with Crippen LogP contribution in [0.3, 0.4) is 0 Å². The fourth-order valence-corrected chi connectivity index (χ4v) is 4.89. The Kier molecular flexibility index (Phi) is 7.95. The Morgan fingerprint density at radius 3 is 2.48 bits per heavy atom. The number of hydrogen-bond donors (Lipinski definition) is 1. The molecule has 3 heterocycles. The van der Waals surface area contributed by atoms with Crippen molar-refractivity contribution in [3.63, 3.8) is 0 Å². The fraction of sp³-hybridized carbons (Fsp3) is 0.474. The average molecular weight is 449 g/mol. The van der Waals surface area contributed by atoms with Gasteiger partial charge in [0.1, 0.15) is 5.01 Å². The van der Waals surface area contributed by atoms with Crippen LogP contribution < -0.4 is 5.32 Å². The zero-order chi connectivity index (χ0) is 17.4. The van der Waals surface area contributed by atoms with Crippen molar-refractivity contribution in [3.05, 3.63) is 40.4 Å². The molecule has 2 atom stereocenters. The van der Waals surface area contributed by atoms with E-state index < -0.39 is 0 Å². The van der Waals surface area contributed by atoms with Crippen LogP contribution in [0.2, 0.25) is 5.02 Å². The molecule has 0 aliphatic carbocycles. The molecule has 1 aromatic heterocycles. The number of carbonyl (C=O) groups is 1. The van der Waals surface area contributed by atoms with Gasteiger partial charge in [-0.25, -0.2) is 4.98 Å². The van der Waals surface area contributed by atoms with Gasteiger partial charge in [-0.05, 0) is 37.8 Å². The highest BCUT2D eigenvalue weighted by Crippen LogP contribution is 2.30. The highest BCUT2D eigenvalue weighted by atomic mass is 35.5. The summed E-state index contributed by atoms with van der Waals surface area (Å²) in [6.45, 7) is 0. The molecule has 27 heavy (non-hydrogen) atoms. The van der Waals surface area contributed by atoms with Crippen LogP contribution in [-0.4, -0.2) is 41.0 Å². The first-order valence-electron chi connectivity index (χ1n) is 8.80. The van der Waals surface area contributed by atoms with Gasteiger partial charge in [-0.2, -0.15) is 0 Å². The Morgan fingerprint density at radius 2 is 1.85 bits per heavy atom. The van der Waals surface area contributed by atoms with Crippen molar-refractivity contribution < 1.29 is 4.79 Å². The zero-order valence-electron chi connectivity index (χ0n) is 15.1.